The van der Waals surface area contributed by atoms with Gasteiger partial charge in [-0.15, -0.1) is 0 Å². The molecule has 5 nitrogen and oxygen atoms in total. The fourth-order valence-electron chi connectivity index (χ4n) is 6.84. The lowest BCUT2D eigenvalue weighted by Gasteiger charge is -2.59. The van der Waals surface area contributed by atoms with Crippen LogP contribution in [0, 0.1) is 29.1 Å². The molecule has 152 valence electrons. The summed E-state index contributed by atoms with van der Waals surface area (Å²) in [6.07, 6.45) is 9.65. The Morgan fingerprint density at radius 2 is 1.74 bits per heavy atom. The van der Waals surface area contributed by atoms with Crippen molar-refractivity contribution in [2.75, 3.05) is 0 Å². The van der Waals surface area contributed by atoms with Crippen molar-refractivity contribution in [3.05, 3.63) is 0 Å². The van der Waals surface area contributed by atoms with Gasteiger partial charge in [-0.3, -0.25) is 9.59 Å². The van der Waals surface area contributed by atoms with Crippen molar-refractivity contribution in [2.24, 2.45) is 34.8 Å². The number of ether oxygens (including phenoxy) is 1. The molecular formula is C22H36N2O3. The topological polar surface area (TPSA) is 81.4 Å². The summed E-state index contributed by atoms with van der Waals surface area (Å²) in [5.74, 6) is 1.94. The van der Waals surface area contributed by atoms with Crippen LogP contribution < -0.4 is 11.1 Å². The van der Waals surface area contributed by atoms with E-state index in [2.05, 4.69) is 12.2 Å². The fraction of sp³-hybridized carbons (Fsp3) is 0.909. The Morgan fingerprint density at radius 3 is 2.33 bits per heavy atom. The Bertz CT molecular complexity index is 601. The lowest BCUT2D eigenvalue weighted by atomic mass is 9.47. The molecule has 0 heterocycles. The van der Waals surface area contributed by atoms with E-state index in [0.29, 0.717) is 23.7 Å². The lowest BCUT2D eigenvalue weighted by molar-refractivity contribution is -0.160. The highest BCUT2D eigenvalue weighted by molar-refractivity contribution is 5.85. The highest BCUT2D eigenvalue weighted by Gasteiger charge is 2.58. The fourth-order valence-corrected chi connectivity index (χ4v) is 6.84. The van der Waals surface area contributed by atoms with Gasteiger partial charge in [-0.1, -0.05) is 19.8 Å². The van der Waals surface area contributed by atoms with Crippen molar-refractivity contribution in [1.82, 2.24) is 5.32 Å². The summed E-state index contributed by atoms with van der Waals surface area (Å²) >= 11 is 0. The molecule has 0 radical (unpaired) electrons. The molecule has 0 aliphatic heterocycles. The number of nitrogens with two attached hydrogens (primary N) is 1. The van der Waals surface area contributed by atoms with E-state index >= 15 is 0 Å². The number of nitrogens with one attached hydrogen (secondary N) is 1. The predicted octanol–water partition coefficient (Wildman–Crippen LogP) is 3.16. The zero-order chi connectivity index (χ0) is 19.4. The maximum atomic E-state index is 13.1. The minimum atomic E-state index is -0.808. The van der Waals surface area contributed by atoms with E-state index < -0.39 is 5.60 Å². The van der Waals surface area contributed by atoms with E-state index in [1.54, 1.807) is 0 Å². The summed E-state index contributed by atoms with van der Waals surface area (Å²) in [4.78, 5) is 25.2. The van der Waals surface area contributed by atoms with Crippen molar-refractivity contribution < 1.29 is 14.3 Å². The highest BCUT2D eigenvalue weighted by Crippen LogP contribution is 2.60. The largest absolute Gasteiger partial charge is 0.369 e. The van der Waals surface area contributed by atoms with Crippen LogP contribution in [0.3, 0.4) is 0 Å². The van der Waals surface area contributed by atoms with Crippen LogP contribution in [0.15, 0.2) is 0 Å². The number of hydrogen-bond donors (Lipinski definition) is 2. The number of carbonyl (C=O) groups is 2. The minimum Gasteiger partial charge on any atom is -0.369 e. The molecule has 2 amide bonds. The molecule has 5 heteroatoms. The van der Waals surface area contributed by atoms with Gasteiger partial charge < -0.3 is 15.8 Å². The molecule has 4 atom stereocenters. The van der Waals surface area contributed by atoms with E-state index in [9.17, 15) is 9.59 Å². The van der Waals surface area contributed by atoms with Gasteiger partial charge >= 0.3 is 0 Å². The van der Waals surface area contributed by atoms with Crippen molar-refractivity contribution in [3.8, 4) is 0 Å². The molecule has 5 saturated carbocycles. The van der Waals surface area contributed by atoms with Gasteiger partial charge in [0.25, 0.3) is 5.91 Å². The van der Waals surface area contributed by atoms with Gasteiger partial charge in [0.05, 0.1) is 6.10 Å². The molecule has 4 unspecified atom stereocenters. The van der Waals surface area contributed by atoms with Crippen LogP contribution in [0.2, 0.25) is 0 Å². The predicted molar refractivity (Wildman–Crippen MR) is 104 cm³/mol. The summed E-state index contributed by atoms with van der Waals surface area (Å²) in [6, 6.07) is 0.176. The molecule has 5 rings (SSSR count). The molecule has 4 bridgehead atoms. The smallest absolute Gasteiger partial charge is 0.251 e. The van der Waals surface area contributed by atoms with Crippen LogP contribution in [-0.4, -0.2) is 29.6 Å². The average molecular weight is 377 g/mol. The molecule has 3 N–H and O–H groups in total. The number of rotatable bonds is 5. The van der Waals surface area contributed by atoms with Crippen molar-refractivity contribution in [1.29, 1.82) is 0 Å². The second kappa shape index (κ2) is 6.75. The van der Waals surface area contributed by atoms with Gasteiger partial charge in [0.2, 0.25) is 5.91 Å². The Hall–Kier alpha value is -1.10. The SMILES string of the molecule is CC1CCCC(OC(C)(C)C(=O)NC2C3CC4CC2CC(C(N)=O)(C4)C3)C1. The van der Waals surface area contributed by atoms with Crippen LogP contribution in [0.5, 0.6) is 0 Å². The summed E-state index contributed by atoms with van der Waals surface area (Å²) in [5.41, 5.74) is 4.67. The quantitative estimate of drug-likeness (QED) is 0.773. The summed E-state index contributed by atoms with van der Waals surface area (Å²) in [6.45, 7) is 6.08. The van der Waals surface area contributed by atoms with Crippen molar-refractivity contribution in [3.63, 3.8) is 0 Å². The monoisotopic (exact) mass is 376 g/mol. The van der Waals surface area contributed by atoms with Crippen LogP contribution in [0.4, 0.5) is 0 Å². The molecule has 5 aliphatic rings. The second-order valence-electron chi connectivity index (χ2n) is 10.6. The highest BCUT2D eigenvalue weighted by atomic mass is 16.5. The van der Waals surface area contributed by atoms with Crippen LogP contribution in [-0.2, 0) is 14.3 Å². The van der Waals surface area contributed by atoms with Gasteiger partial charge in [-0.05, 0) is 82.5 Å². The van der Waals surface area contributed by atoms with Crippen LogP contribution >= 0.6 is 0 Å². The Labute approximate surface area is 163 Å². The van der Waals surface area contributed by atoms with E-state index in [1.165, 1.54) is 12.8 Å². The van der Waals surface area contributed by atoms with Gasteiger partial charge in [-0.25, -0.2) is 0 Å². The van der Waals surface area contributed by atoms with Crippen molar-refractivity contribution >= 4 is 11.8 Å². The number of carbonyl (C=O) groups excluding carboxylic acids is 2. The number of amides is 2. The first-order valence-corrected chi connectivity index (χ1v) is 11.0. The Balaban J connectivity index is 1.40. The standard InChI is InChI=1S/C22H36N2O3/c1-13-5-4-6-17(7-13)27-21(2,3)20(26)24-18-15-8-14-9-16(18)12-22(10-14,11-15)19(23)25/h13-18H,4-12H2,1-3H3,(H2,23,25)(H,24,26). The Kier molecular flexibility index (Phi) is 4.81. The normalized spacial score (nSPS) is 43.5. The van der Waals surface area contributed by atoms with Gasteiger partial charge in [0.1, 0.15) is 5.60 Å². The van der Waals surface area contributed by atoms with Crippen molar-refractivity contribution in [2.45, 2.75) is 96.3 Å². The van der Waals surface area contributed by atoms with E-state index in [4.69, 9.17) is 10.5 Å². The third-order valence-corrected chi connectivity index (χ3v) is 7.99. The van der Waals surface area contributed by atoms with Crippen LogP contribution in [0.1, 0.15) is 78.6 Å². The minimum absolute atomic E-state index is 0.00586. The molecule has 0 aromatic rings. The van der Waals surface area contributed by atoms with E-state index in [0.717, 1.165) is 44.9 Å². The van der Waals surface area contributed by atoms with E-state index in [-0.39, 0.29) is 29.4 Å². The third-order valence-electron chi connectivity index (χ3n) is 7.99. The van der Waals surface area contributed by atoms with Gasteiger partial charge in [0, 0.05) is 11.5 Å². The van der Waals surface area contributed by atoms with Gasteiger partial charge in [-0.2, -0.15) is 0 Å². The first kappa shape index (κ1) is 19.2. The van der Waals surface area contributed by atoms with Gasteiger partial charge in [0.15, 0.2) is 0 Å². The molecule has 5 fully saturated rings. The Morgan fingerprint density at radius 1 is 1.07 bits per heavy atom. The molecule has 0 aromatic heterocycles. The zero-order valence-corrected chi connectivity index (χ0v) is 17.1. The first-order chi connectivity index (χ1) is 12.7. The lowest BCUT2D eigenvalue weighted by Crippen LogP contribution is -2.63. The molecule has 5 aliphatic carbocycles. The summed E-state index contributed by atoms with van der Waals surface area (Å²) in [7, 11) is 0. The summed E-state index contributed by atoms with van der Waals surface area (Å²) in [5, 5.41) is 3.34. The number of primary amides is 1. The van der Waals surface area contributed by atoms with Crippen LogP contribution in [0.25, 0.3) is 0 Å². The molecule has 0 spiro atoms. The van der Waals surface area contributed by atoms with E-state index in [1.807, 2.05) is 13.8 Å². The maximum Gasteiger partial charge on any atom is 0.251 e. The molecule has 27 heavy (non-hydrogen) atoms. The first-order valence-electron chi connectivity index (χ1n) is 11.0. The third kappa shape index (κ3) is 3.52. The maximum absolute atomic E-state index is 13.1. The zero-order valence-electron chi connectivity index (χ0n) is 17.1. The summed E-state index contributed by atoms with van der Waals surface area (Å²) < 4.78 is 6.28. The second-order valence-corrected chi connectivity index (χ2v) is 10.6. The molecule has 0 saturated heterocycles. The molecular weight excluding hydrogens is 340 g/mol. The molecule has 0 aromatic carbocycles. The average Bonchev–Trinajstić information content (AvgIpc) is 2.56. The number of hydrogen-bond acceptors (Lipinski definition) is 3.